The lowest BCUT2D eigenvalue weighted by Crippen LogP contribution is -2.28. The second-order valence-corrected chi connectivity index (χ2v) is 4.65. The summed E-state index contributed by atoms with van der Waals surface area (Å²) < 4.78 is 0. The van der Waals surface area contributed by atoms with Crippen molar-refractivity contribution in [1.29, 1.82) is 0 Å². The number of carbonyl (C=O) groups is 1. The topological polar surface area (TPSA) is 72.2 Å². The summed E-state index contributed by atoms with van der Waals surface area (Å²) in [6.07, 6.45) is 0.767. The predicted octanol–water partition coefficient (Wildman–Crippen LogP) is 3.48. The fourth-order valence-electron chi connectivity index (χ4n) is 2.08. The van der Waals surface area contributed by atoms with Crippen LogP contribution in [-0.4, -0.2) is 10.8 Å². The van der Waals surface area contributed by atoms with Gasteiger partial charge in [-0.3, -0.25) is 14.9 Å². The number of nitro benzene ring substituents is 1. The average Bonchev–Trinajstić information content (AvgIpc) is 2.53. The van der Waals surface area contributed by atoms with Gasteiger partial charge in [0.25, 0.3) is 11.6 Å². The van der Waals surface area contributed by atoms with Crippen molar-refractivity contribution in [3.63, 3.8) is 0 Å². The molecule has 0 aliphatic rings. The summed E-state index contributed by atoms with van der Waals surface area (Å²) in [7, 11) is 0. The van der Waals surface area contributed by atoms with E-state index in [9.17, 15) is 14.9 Å². The normalized spacial score (nSPS) is 11.7. The van der Waals surface area contributed by atoms with Crippen LogP contribution in [0, 0.1) is 10.1 Å². The van der Waals surface area contributed by atoms with E-state index in [1.54, 1.807) is 0 Å². The van der Waals surface area contributed by atoms with Gasteiger partial charge in [0.05, 0.1) is 11.0 Å². The third kappa shape index (κ3) is 3.66. The van der Waals surface area contributed by atoms with Crippen LogP contribution >= 0.6 is 0 Å². The van der Waals surface area contributed by atoms with Crippen LogP contribution in [-0.2, 0) is 0 Å². The van der Waals surface area contributed by atoms with Crippen molar-refractivity contribution < 1.29 is 9.72 Å². The predicted molar refractivity (Wildman–Crippen MR) is 80.0 cm³/mol. The Morgan fingerprint density at radius 3 is 2.29 bits per heavy atom. The van der Waals surface area contributed by atoms with Crippen LogP contribution in [0.15, 0.2) is 54.6 Å². The molecule has 5 heteroatoms. The Bertz CT molecular complexity index is 624. The van der Waals surface area contributed by atoms with Gasteiger partial charge in [-0.15, -0.1) is 0 Å². The van der Waals surface area contributed by atoms with Gasteiger partial charge in [-0.1, -0.05) is 37.3 Å². The molecule has 21 heavy (non-hydrogen) atoms. The molecule has 2 rings (SSSR count). The Balaban J connectivity index is 2.11. The first-order valence-electron chi connectivity index (χ1n) is 6.72. The van der Waals surface area contributed by atoms with Crippen LogP contribution in [0.1, 0.15) is 35.3 Å². The van der Waals surface area contributed by atoms with E-state index in [2.05, 4.69) is 5.32 Å². The van der Waals surface area contributed by atoms with Crippen molar-refractivity contribution in [3.05, 3.63) is 75.8 Å². The highest BCUT2D eigenvalue weighted by atomic mass is 16.6. The maximum Gasteiger partial charge on any atom is 0.269 e. The van der Waals surface area contributed by atoms with E-state index in [0.29, 0.717) is 5.56 Å². The molecular formula is C16H16N2O3. The summed E-state index contributed by atoms with van der Waals surface area (Å²) in [5.74, 6) is -0.236. The summed E-state index contributed by atoms with van der Waals surface area (Å²) in [5.41, 5.74) is 1.42. The lowest BCUT2D eigenvalue weighted by Gasteiger charge is -2.17. The fourth-order valence-corrected chi connectivity index (χ4v) is 2.08. The number of benzene rings is 2. The highest BCUT2D eigenvalue weighted by molar-refractivity contribution is 5.94. The zero-order valence-electron chi connectivity index (χ0n) is 11.7. The summed E-state index contributed by atoms with van der Waals surface area (Å²) in [6, 6.07) is 15.2. The van der Waals surface area contributed by atoms with Crippen LogP contribution in [0.4, 0.5) is 5.69 Å². The van der Waals surface area contributed by atoms with E-state index in [-0.39, 0.29) is 17.6 Å². The third-order valence-electron chi connectivity index (χ3n) is 3.26. The SMILES string of the molecule is CCC(NC(=O)c1ccc([N+](=O)[O-])cc1)c1ccccc1. The lowest BCUT2D eigenvalue weighted by atomic mass is 10.0. The van der Waals surface area contributed by atoms with Crippen molar-refractivity contribution in [1.82, 2.24) is 5.32 Å². The molecular weight excluding hydrogens is 268 g/mol. The summed E-state index contributed by atoms with van der Waals surface area (Å²) in [6.45, 7) is 1.99. The molecule has 0 fully saturated rings. The Labute approximate surface area is 122 Å². The van der Waals surface area contributed by atoms with E-state index in [0.717, 1.165) is 12.0 Å². The van der Waals surface area contributed by atoms with Crippen LogP contribution in [0.25, 0.3) is 0 Å². The molecule has 1 N–H and O–H groups in total. The van der Waals surface area contributed by atoms with Gasteiger partial charge in [0.2, 0.25) is 0 Å². The first-order chi connectivity index (χ1) is 10.1. The van der Waals surface area contributed by atoms with Crippen LogP contribution < -0.4 is 5.32 Å². The molecule has 0 saturated carbocycles. The number of hydrogen-bond acceptors (Lipinski definition) is 3. The number of non-ortho nitro benzene ring substituents is 1. The number of nitrogens with zero attached hydrogens (tertiary/aromatic N) is 1. The van der Waals surface area contributed by atoms with E-state index >= 15 is 0 Å². The number of nitrogens with one attached hydrogen (secondary N) is 1. The van der Waals surface area contributed by atoms with E-state index in [1.807, 2.05) is 37.3 Å². The molecule has 0 radical (unpaired) electrons. The number of hydrogen-bond donors (Lipinski definition) is 1. The van der Waals surface area contributed by atoms with Crippen LogP contribution in [0.2, 0.25) is 0 Å². The fraction of sp³-hybridized carbons (Fsp3) is 0.188. The van der Waals surface area contributed by atoms with E-state index in [1.165, 1.54) is 24.3 Å². The molecule has 2 aromatic carbocycles. The highest BCUT2D eigenvalue weighted by Gasteiger charge is 2.14. The lowest BCUT2D eigenvalue weighted by molar-refractivity contribution is -0.384. The monoisotopic (exact) mass is 284 g/mol. The van der Waals surface area contributed by atoms with Gasteiger partial charge < -0.3 is 5.32 Å². The maximum atomic E-state index is 12.2. The number of nitro groups is 1. The minimum atomic E-state index is -0.486. The van der Waals surface area contributed by atoms with Crippen molar-refractivity contribution in [2.24, 2.45) is 0 Å². The van der Waals surface area contributed by atoms with Crippen molar-refractivity contribution >= 4 is 11.6 Å². The molecule has 0 saturated heterocycles. The second kappa shape index (κ2) is 6.65. The highest BCUT2D eigenvalue weighted by Crippen LogP contribution is 2.17. The van der Waals surface area contributed by atoms with Gasteiger partial charge in [0.1, 0.15) is 0 Å². The molecule has 1 unspecified atom stereocenters. The molecule has 0 aromatic heterocycles. The Hall–Kier alpha value is -2.69. The Morgan fingerprint density at radius 1 is 1.14 bits per heavy atom. The molecule has 0 aliphatic carbocycles. The number of amides is 1. The van der Waals surface area contributed by atoms with E-state index in [4.69, 9.17) is 0 Å². The van der Waals surface area contributed by atoms with Gasteiger partial charge in [0, 0.05) is 17.7 Å². The average molecular weight is 284 g/mol. The quantitative estimate of drug-likeness (QED) is 0.675. The van der Waals surface area contributed by atoms with Crippen LogP contribution in [0.5, 0.6) is 0 Å². The first kappa shape index (κ1) is 14.7. The largest absolute Gasteiger partial charge is 0.345 e. The number of rotatable bonds is 5. The summed E-state index contributed by atoms with van der Waals surface area (Å²) >= 11 is 0. The maximum absolute atomic E-state index is 12.2. The smallest absolute Gasteiger partial charge is 0.269 e. The zero-order chi connectivity index (χ0) is 15.2. The van der Waals surface area contributed by atoms with Gasteiger partial charge in [-0.2, -0.15) is 0 Å². The Kier molecular flexibility index (Phi) is 4.66. The molecule has 0 spiro atoms. The van der Waals surface area contributed by atoms with Gasteiger partial charge in [-0.25, -0.2) is 0 Å². The molecule has 0 heterocycles. The zero-order valence-corrected chi connectivity index (χ0v) is 11.7. The molecule has 1 atom stereocenters. The second-order valence-electron chi connectivity index (χ2n) is 4.65. The summed E-state index contributed by atoms with van der Waals surface area (Å²) in [5, 5.41) is 13.5. The molecule has 2 aromatic rings. The minimum Gasteiger partial charge on any atom is -0.345 e. The third-order valence-corrected chi connectivity index (χ3v) is 3.26. The van der Waals surface area contributed by atoms with Gasteiger partial charge in [0.15, 0.2) is 0 Å². The Morgan fingerprint density at radius 2 is 1.76 bits per heavy atom. The standard InChI is InChI=1S/C16H16N2O3/c1-2-15(12-6-4-3-5-7-12)17-16(19)13-8-10-14(11-9-13)18(20)21/h3-11,15H,2H2,1H3,(H,17,19). The van der Waals surface area contributed by atoms with Gasteiger partial charge in [-0.05, 0) is 24.1 Å². The molecule has 5 nitrogen and oxygen atoms in total. The van der Waals surface area contributed by atoms with Gasteiger partial charge >= 0.3 is 0 Å². The first-order valence-corrected chi connectivity index (χ1v) is 6.72. The summed E-state index contributed by atoms with van der Waals surface area (Å²) in [4.78, 5) is 22.3. The molecule has 0 bridgehead atoms. The van der Waals surface area contributed by atoms with Crippen LogP contribution in [0.3, 0.4) is 0 Å². The molecule has 108 valence electrons. The van der Waals surface area contributed by atoms with Crippen molar-refractivity contribution in [2.75, 3.05) is 0 Å². The minimum absolute atomic E-state index is 0.0262. The van der Waals surface area contributed by atoms with E-state index < -0.39 is 4.92 Å². The molecule has 1 amide bonds. The number of carbonyl (C=O) groups excluding carboxylic acids is 1. The van der Waals surface area contributed by atoms with Crippen molar-refractivity contribution in [3.8, 4) is 0 Å². The van der Waals surface area contributed by atoms with Crippen molar-refractivity contribution in [2.45, 2.75) is 19.4 Å². The molecule has 0 aliphatic heterocycles.